The average Bonchev–Trinajstić information content (AvgIpc) is 2.84. The highest BCUT2D eigenvalue weighted by atomic mass is 16.5. The molecule has 0 fully saturated rings. The summed E-state index contributed by atoms with van der Waals surface area (Å²) < 4.78 is 15.8. The van der Waals surface area contributed by atoms with E-state index in [0.29, 0.717) is 34.3 Å². The second kappa shape index (κ2) is 11.1. The van der Waals surface area contributed by atoms with Crippen molar-refractivity contribution in [3.63, 3.8) is 0 Å². The van der Waals surface area contributed by atoms with Gasteiger partial charge < -0.3 is 19.1 Å². The lowest BCUT2D eigenvalue weighted by molar-refractivity contribution is -0.129. The van der Waals surface area contributed by atoms with Crippen LogP contribution in [0.5, 0.6) is 17.2 Å². The molecule has 0 aliphatic heterocycles. The quantitative estimate of drug-likeness (QED) is 0.242. The molecule has 0 aliphatic rings. The Bertz CT molecular complexity index is 1110. The Balaban J connectivity index is 2.11. The molecule has 0 aromatic heterocycles. The SMILES string of the molecule is C=CC(=O)Oc1cccc(N(c2cccc(OC(=O)C=C)c2)c2cccc(OC(=O)C=C)c2)c1. The van der Waals surface area contributed by atoms with Crippen LogP contribution >= 0.6 is 0 Å². The van der Waals surface area contributed by atoms with E-state index in [0.717, 1.165) is 18.2 Å². The standard InChI is InChI=1S/C27H21NO6/c1-4-25(29)32-22-13-7-10-19(16-22)28(20-11-8-14-23(17-20)33-26(30)5-2)21-12-9-15-24(18-21)34-27(31)6-3/h4-18H,1-3H2. The summed E-state index contributed by atoms with van der Waals surface area (Å²) in [7, 11) is 0. The zero-order chi connectivity index (χ0) is 24.5. The smallest absolute Gasteiger partial charge is 0.335 e. The third kappa shape index (κ3) is 6.08. The highest BCUT2D eigenvalue weighted by Crippen LogP contribution is 2.38. The summed E-state index contributed by atoms with van der Waals surface area (Å²) in [6.07, 6.45) is 3.21. The van der Waals surface area contributed by atoms with Crippen molar-refractivity contribution in [1.29, 1.82) is 0 Å². The fourth-order valence-corrected chi connectivity index (χ4v) is 2.98. The summed E-state index contributed by atoms with van der Waals surface area (Å²) in [5.74, 6) is -0.885. The molecular formula is C27H21NO6. The van der Waals surface area contributed by atoms with Crippen LogP contribution in [0.25, 0.3) is 0 Å². The molecule has 3 aromatic rings. The summed E-state index contributed by atoms with van der Waals surface area (Å²) in [5.41, 5.74) is 1.86. The lowest BCUT2D eigenvalue weighted by Crippen LogP contribution is -2.12. The lowest BCUT2D eigenvalue weighted by atomic mass is 10.1. The van der Waals surface area contributed by atoms with Gasteiger partial charge in [0.1, 0.15) is 17.2 Å². The number of ether oxygens (including phenoxy) is 3. The van der Waals surface area contributed by atoms with Gasteiger partial charge in [-0.3, -0.25) is 0 Å². The minimum absolute atomic E-state index is 0.302. The first-order valence-electron chi connectivity index (χ1n) is 10.1. The Hall–Kier alpha value is -4.91. The Morgan fingerprint density at radius 3 is 1.12 bits per heavy atom. The number of nitrogens with zero attached hydrogens (tertiary/aromatic N) is 1. The van der Waals surface area contributed by atoms with E-state index in [-0.39, 0.29) is 0 Å². The number of rotatable bonds is 9. The van der Waals surface area contributed by atoms with Crippen molar-refractivity contribution in [3.05, 3.63) is 111 Å². The van der Waals surface area contributed by atoms with Gasteiger partial charge in [-0.05, 0) is 36.4 Å². The molecule has 0 radical (unpaired) electrons. The topological polar surface area (TPSA) is 82.1 Å². The first-order chi connectivity index (χ1) is 16.4. The molecule has 0 atom stereocenters. The van der Waals surface area contributed by atoms with Gasteiger partial charge in [-0.25, -0.2) is 14.4 Å². The average molecular weight is 455 g/mol. The molecule has 0 amide bonds. The van der Waals surface area contributed by atoms with E-state index in [9.17, 15) is 14.4 Å². The van der Waals surface area contributed by atoms with Crippen LogP contribution in [0.1, 0.15) is 0 Å². The van der Waals surface area contributed by atoms with Gasteiger partial charge in [0.25, 0.3) is 0 Å². The third-order valence-corrected chi connectivity index (χ3v) is 4.38. The van der Waals surface area contributed by atoms with Gasteiger partial charge in [0.2, 0.25) is 0 Å². The van der Waals surface area contributed by atoms with E-state index in [2.05, 4.69) is 19.7 Å². The highest BCUT2D eigenvalue weighted by molar-refractivity contribution is 5.86. The van der Waals surface area contributed by atoms with Crippen molar-refractivity contribution in [2.24, 2.45) is 0 Å². The van der Waals surface area contributed by atoms with Crippen LogP contribution in [0, 0.1) is 0 Å². The van der Waals surface area contributed by atoms with Crippen molar-refractivity contribution in [3.8, 4) is 17.2 Å². The summed E-state index contributed by atoms with van der Waals surface area (Å²) in [6.45, 7) is 10.2. The van der Waals surface area contributed by atoms with Crippen LogP contribution < -0.4 is 19.1 Å². The fraction of sp³-hybridized carbons (Fsp3) is 0. The Labute approximate surface area is 196 Å². The predicted molar refractivity (Wildman–Crippen MR) is 129 cm³/mol. The van der Waals surface area contributed by atoms with Crippen LogP contribution in [0.15, 0.2) is 111 Å². The Kier molecular flexibility index (Phi) is 7.75. The fourth-order valence-electron chi connectivity index (χ4n) is 2.98. The first kappa shape index (κ1) is 23.7. The first-order valence-corrected chi connectivity index (χ1v) is 10.1. The molecule has 170 valence electrons. The molecule has 0 unspecified atom stereocenters. The minimum Gasteiger partial charge on any atom is -0.423 e. The van der Waals surface area contributed by atoms with Crippen molar-refractivity contribution in [2.45, 2.75) is 0 Å². The maximum absolute atomic E-state index is 11.7. The van der Waals surface area contributed by atoms with E-state index in [1.54, 1.807) is 72.8 Å². The van der Waals surface area contributed by atoms with Crippen LogP contribution in [-0.4, -0.2) is 17.9 Å². The van der Waals surface area contributed by atoms with Gasteiger partial charge in [0, 0.05) is 53.5 Å². The summed E-state index contributed by atoms with van der Waals surface area (Å²) in [5, 5.41) is 0. The van der Waals surface area contributed by atoms with E-state index in [1.165, 1.54) is 0 Å². The number of hydrogen-bond acceptors (Lipinski definition) is 7. The molecule has 7 nitrogen and oxygen atoms in total. The molecule has 34 heavy (non-hydrogen) atoms. The van der Waals surface area contributed by atoms with E-state index in [4.69, 9.17) is 14.2 Å². The van der Waals surface area contributed by atoms with Crippen LogP contribution in [-0.2, 0) is 14.4 Å². The molecule has 0 saturated heterocycles. The highest BCUT2D eigenvalue weighted by Gasteiger charge is 2.16. The molecule has 0 heterocycles. The van der Waals surface area contributed by atoms with Crippen molar-refractivity contribution in [1.82, 2.24) is 0 Å². The van der Waals surface area contributed by atoms with E-state index < -0.39 is 17.9 Å². The largest absolute Gasteiger partial charge is 0.423 e. The molecule has 0 bridgehead atoms. The van der Waals surface area contributed by atoms with Gasteiger partial charge in [-0.2, -0.15) is 0 Å². The van der Waals surface area contributed by atoms with Crippen molar-refractivity contribution in [2.75, 3.05) is 4.90 Å². The lowest BCUT2D eigenvalue weighted by Gasteiger charge is -2.26. The zero-order valence-electron chi connectivity index (χ0n) is 18.2. The third-order valence-electron chi connectivity index (χ3n) is 4.38. The molecular weight excluding hydrogens is 434 g/mol. The molecule has 0 spiro atoms. The van der Waals surface area contributed by atoms with Gasteiger partial charge in [-0.15, -0.1) is 0 Å². The zero-order valence-corrected chi connectivity index (χ0v) is 18.2. The number of anilines is 3. The molecule has 0 aliphatic carbocycles. The van der Waals surface area contributed by atoms with Crippen LogP contribution in [0.2, 0.25) is 0 Å². The van der Waals surface area contributed by atoms with Crippen molar-refractivity contribution >= 4 is 35.0 Å². The maximum Gasteiger partial charge on any atom is 0.335 e. The Morgan fingerprint density at radius 2 is 0.853 bits per heavy atom. The molecule has 0 saturated carbocycles. The Morgan fingerprint density at radius 1 is 0.559 bits per heavy atom. The number of esters is 3. The van der Waals surface area contributed by atoms with Gasteiger partial charge in [0.15, 0.2) is 0 Å². The summed E-state index contributed by atoms with van der Waals surface area (Å²) in [6, 6.07) is 20.4. The monoisotopic (exact) mass is 455 g/mol. The maximum atomic E-state index is 11.7. The van der Waals surface area contributed by atoms with Gasteiger partial charge >= 0.3 is 17.9 Å². The second-order valence-corrected chi connectivity index (χ2v) is 6.70. The molecule has 3 aromatic carbocycles. The normalized spacial score (nSPS) is 9.88. The van der Waals surface area contributed by atoms with Gasteiger partial charge in [0.05, 0.1) is 0 Å². The summed E-state index contributed by atoms with van der Waals surface area (Å²) >= 11 is 0. The van der Waals surface area contributed by atoms with E-state index >= 15 is 0 Å². The molecule has 3 rings (SSSR count). The number of carbonyl (C=O) groups excluding carboxylic acids is 3. The van der Waals surface area contributed by atoms with Crippen LogP contribution in [0.4, 0.5) is 17.1 Å². The molecule has 7 heteroatoms. The van der Waals surface area contributed by atoms with E-state index in [1.807, 2.05) is 4.90 Å². The number of carbonyl (C=O) groups is 3. The summed E-state index contributed by atoms with van der Waals surface area (Å²) in [4.78, 5) is 36.9. The predicted octanol–water partition coefficient (Wildman–Crippen LogP) is 5.43. The number of benzene rings is 3. The van der Waals surface area contributed by atoms with Crippen LogP contribution in [0.3, 0.4) is 0 Å². The van der Waals surface area contributed by atoms with Gasteiger partial charge in [-0.1, -0.05) is 37.9 Å². The van der Waals surface area contributed by atoms with Crippen molar-refractivity contribution < 1.29 is 28.6 Å². The molecule has 0 N–H and O–H groups in total. The second-order valence-electron chi connectivity index (χ2n) is 6.70. The minimum atomic E-state index is -0.597. The number of hydrogen-bond donors (Lipinski definition) is 0.